The van der Waals surface area contributed by atoms with Crippen LogP contribution in [0.3, 0.4) is 0 Å². The van der Waals surface area contributed by atoms with Crippen LogP contribution in [0.5, 0.6) is 0 Å². The second kappa shape index (κ2) is 5.68. The van der Waals surface area contributed by atoms with Crippen molar-refractivity contribution in [3.63, 3.8) is 0 Å². The molecule has 1 aromatic carbocycles. The fourth-order valence-electron chi connectivity index (χ4n) is 1.35. The molecule has 2 rings (SSSR count). The first-order valence-corrected chi connectivity index (χ1v) is 8.21. The highest BCUT2D eigenvalue weighted by atomic mass is 35.5. The maximum atomic E-state index is 12.1. The average molecular weight is 338 g/mol. The molecule has 1 aromatic heterocycles. The predicted molar refractivity (Wildman–Crippen MR) is 77.5 cm³/mol. The molecule has 0 amide bonds. The van der Waals surface area contributed by atoms with Crippen molar-refractivity contribution in [1.29, 1.82) is 0 Å². The van der Waals surface area contributed by atoms with Gasteiger partial charge in [0.1, 0.15) is 4.21 Å². The lowest BCUT2D eigenvalue weighted by molar-refractivity contribution is 0.282. The van der Waals surface area contributed by atoms with Crippen molar-refractivity contribution < 1.29 is 13.5 Å². The Morgan fingerprint density at radius 3 is 2.68 bits per heavy atom. The highest BCUT2D eigenvalue weighted by Gasteiger charge is 2.18. The molecule has 0 aliphatic heterocycles. The van der Waals surface area contributed by atoms with Gasteiger partial charge < -0.3 is 5.11 Å². The van der Waals surface area contributed by atoms with E-state index in [0.717, 1.165) is 11.3 Å². The Labute approximate surface area is 124 Å². The van der Waals surface area contributed by atoms with Gasteiger partial charge in [-0.3, -0.25) is 4.72 Å². The maximum Gasteiger partial charge on any atom is 0.271 e. The normalized spacial score (nSPS) is 11.5. The molecule has 0 aliphatic rings. The van der Waals surface area contributed by atoms with E-state index in [9.17, 15) is 8.42 Å². The van der Waals surface area contributed by atoms with E-state index < -0.39 is 10.0 Å². The van der Waals surface area contributed by atoms with Gasteiger partial charge in [0.05, 0.1) is 22.3 Å². The van der Waals surface area contributed by atoms with Crippen LogP contribution < -0.4 is 4.72 Å². The van der Waals surface area contributed by atoms with Crippen molar-refractivity contribution in [3.05, 3.63) is 45.3 Å². The molecule has 102 valence electrons. The number of benzene rings is 1. The number of hydrogen-bond donors (Lipinski definition) is 2. The number of nitrogens with one attached hydrogen (secondary N) is 1. The van der Waals surface area contributed by atoms with Gasteiger partial charge in [0, 0.05) is 0 Å². The third kappa shape index (κ3) is 3.21. The summed E-state index contributed by atoms with van der Waals surface area (Å²) in [6, 6.07) is 6.09. The van der Waals surface area contributed by atoms with Gasteiger partial charge in [0.2, 0.25) is 0 Å². The van der Waals surface area contributed by atoms with Crippen molar-refractivity contribution in [2.24, 2.45) is 0 Å². The topological polar surface area (TPSA) is 66.4 Å². The van der Waals surface area contributed by atoms with Crippen LogP contribution in [0.1, 0.15) is 5.56 Å². The summed E-state index contributed by atoms with van der Waals surface area (Å²) in [7, 11) is -3.73. The Balaban J connectivity index is 2.33. The summed E-state index contributed by atoms with van der Waals surface area (Å²) in [5.41, 5.74) is 0.760. The van der Waals surface area contributed by atoms with Crippen LogP contribution in [0.2, 0.25) is 10.0 Å². The van der Waals surface area contributed by atoms with Gasteiger partial charge in [0.15, 0.2) is 0 Å². The molecule has 0 atom stereocenters. The largest absolute Gasteiger partial charge is 0.392 e. The van der Waals surface area contributed by atoms with E-state index >= 15 is 0 Å². The molecule has 0 aliphatic carbocycles. The summed E-state index contributed by atoms with van der Waals surface area (Å²) >= 11 is 12.8. The quantitative estimate of drug-likeness (QED) is 0.898. The highest BCUT2D eigenvalue weighted by molar-refractivity contribution is 7.94. The van der Waals surface area contributed by atoms with Crippen LogP contribution in [-0.4, -0.2) is 13.5 Å². The number of aliphatic hydroxyl groups excluding tert-OH is 1. The molecule has 8 heteroatoms. The minimum atomic E-state index is -3.73. The molecular weight excluding hydrogens is 329 g/mol. The van der Waals surface area contributed by atoms with Gasteiger partial charge in [-0.25, -0.2) is 8.42 Å². The first kappa shape index (κ1) is 14.6. The van der Waals surface area contributed by atoms with Crippen molar-refractivity contribution >= 4 is 50.2 Å². The number of thiophene rings is 1. The Morgan fingerprint density at radius 1 is 1.32 bits per heavy atom. The summed E-state index contributed by atoms with van der Waals surface area (Å²) in [5, 5.41) is 10.9. The van der Waals surface area contributed by atoms with E-state index in [1.54, 1.807) is 17.5 Å². The van der Waals surface area contributed by atoms with E-state index in [-0.39, 0.29) is 26.5 Å². The lowest BCUT2D eigenvalue weighted by Gasteiger charge is -2.08. The van der Waals surface area contributed by atoms with Crippen molar-refractivity contribution in [2.45, 2.75) is 10.8 Å². The van der Waals surface area contributed by atoms with Crippen LogP contribution in [0.15, 0.2) is 33.9 Å². The molecule has 0 saturated heterocycles. The number of aliphatic hydroxyl groups is 1. The van der Waals surface area contributed by atoms with Gasteiger partial charge in [-0.2, -0.15) is 0 Å². The molecule has 0 unspecified atom stereocenters. The van der Waals surface area contributed by atoms with Gasteiger partial charge in [-0.1, -0.05) is 29.3 Å². The van der Waals surface area contributed by atoms with Crippen molar-refractivity contribution in [3.8, 4) is 0 Å². The summed E-state index contributed by atoms with van der Waals surface area (Å²) in [4.78, 5) is 0. The van der Waals surface area contributed by atoms with Gasteiger partial charge in [-0.15, -0.1) is 11.3 Å². The lowest BCUT2D eigenvalue weighted by atomic mass is 10.3. The molecular formula is C11H9Cl2NO3S2. The third-order valence-corrected chi connectivity index (χ3v) is 5.95. The molecule has 0 radical (unpaired) electrons. The van der Waals surface area contributed by atoms with Crippen LogP contribution in [0.4, 0.5) is 5.69 Å². The van der Waals surface area contributed by atoms with Crippen LogP contribution >= 0.6 is 34.5 Å². The number of sulfonamides is 1. The molecule has 0 saturated carbocycles. The highest BCUT2D eigenvalue weighted by Crippen LogP contribution is 2.32. The zero-order valence-electron chi connectivity index (χ0n) is 9.43. The molecule has 2 aromatic rings. The van der Waals surface area contributed by atoms with E-state index in [1.165, 1.54) is 12.1 Å². The van der Waals surface area contributed by atoms with Gasteiger partial charge >= 0.3 is 0 Å². The Kier molecular flexibility index (Phi) is 4.37. The fourth-order valence-corrected chi connectivity index (χ4v) is 4.03. The predicted octanol–water partition coefficient (Wildman–Crippen LogP) is 3.35. The number of anilines is 1. The standard InChI is InChI=1S/C11H9Cl2NO3S2/c12-8-2-1-3-9(11(8)13)14-19(16,17)10-4-7(5-15)6-18-10/h1-4,6,14-15H,5H2. The average Bonchev–Trinajstić information content (AvgIpc) is 2.84. The first-order valence-electron chi connectivity index (χ1n) is 5.09. The summed E-state index contributed by atoms with van der Waals surface area (Å²) in [5.74, 6) is 0. The second-order valence-electron chi connectivity index (χ2n) is 3.64. The maximum absolute atomic E-state index is 12.1. The van der Waals surface area contributed by atoms with Crippen LogP contribution in [0, 0.1) is 0 Å². The summed E-state index contributed by atoms with van der Waals surface area (Å²) in [6.45, 7) is -0.204. The first-order chi connectivity index (χ1) is 8.94. The summed E-state index contributed by atoms with van der Waals surface area (Å²) < 4.78 is 26.7. The van der Waals surface area contributed by atoms with E-state index in [0.29, 0.717) is 5.56 Å². The van der Waals surface area contributed by atoms with Gasteiger partial charge in [0.25, 0.3) is 10.0 Å². The van der Waals surface area contributed by atoms with Crippen LogP contribution in [-0.2, 0) is 16.6 Å². The van der Waals surface area contributed by atoms with Crippen LogP contribution in [0.25, 0.3) is 0 Å². The SMILES string of the molecule is O=S(=O)(Nc1cccc(Cl)c1Cl)c1cc(CO)cs1. The molecule has 0 bridgehead atoms. The van der Waals surface area contributed by atoms with E-state index in [1.807, 2.05) is 0 Å². The van der Waals surface area contributed by atoms with Crippen molar-refractivity contribution in [2.75, 3.05) is 4.72 Å². The Hall–Kier alpha value is -0.790. The number of halogens is 2. The monoisotopic (exact) mass is 337 g/mol. The Bertz CT molecular complexity index is 698. The zero-order chi connectivity index (χ0) is 14.0. The minimum Gasteiger partial charge on any atom is -0.392 e. The van der Waals surface area contributed by atoms with Crippen molar-refractivity contribution in [1.82, 2.24) is 0 Å². The molecule has 19 heavy (non-hydrogen) atoms. The molecule has 0 spiro atoms. The summed E-state index contributed by atoms with van der Waals surface area (Å²) in [6.07, 6.45) is 0. The Morgan fingerprint density at radius 2 is 2.05 bits per heavy atom. The molecule has 2 N–H and O–H groups in total. The zero-order valence-corrected chi connectivity index (χ0v) is 12.6. The fraction of sp³-hybridized carbons (Fsp3) is 0.0909. The van der Waals surface area contributed by atoms with E-state index in [2.05, 4.69) is 4.72 Å². The van der Waals surface area contributed by atoms with Gasteiger partial charge in [-0.05, 0) is 29.1 Å². The minimum absolute atomic E-state index is 0.104. The second-order valence-corrected chi connectivity index (χ2v) is 7.24. The number of rotatable bonds is 4. The van der Waals surface area contributed by atoms with E-state index in [4.69, 9.17) is 28.3 Å². The lowest BCUT2D eigenvalue weighted by Crippen LogP contribution is -2.11. The molecule has 0 fully saturated rings. The third-order valence-electron chi connectivity index (χ3n) is 2.27. The molecule has 4 nitrogen and oxygen atoms in total. The smallest absolute Gasteiger partial charge is 0.271 e. The molecule has 1 heterocycles. The number of hydrogen-bond acceptors (Lipinski definition) is 4.